The van der Waals surface area contributed by atoms with Crippen molar-refractivity contribution in [2.75, 3.05) is 0 Å². The van der Waals surface area contributed by atoms with Gasteiger partial charge in [0.2, 0.25) is 0 Å². The molecular formula is C15H20N2. The van der Waals surface area contributed by atoms with Crippen LogP contribution in [0.25, 0.3) is 10.9 Å². The Labute approximate surface area is 102 Å². The molecule has 0 saturated heterocycles. The molecular weight excluding hydrogens is 208 g/mol. The zero-order valence-corrected chi connectivity index (χ0v) is 10.4. The van der Waals surface area contributed by atoms with Gasteiger partial charge >= 0.3 is 0 Å². The molecule has 0 bridgehead atoms. The molecule has 2 heteroatoms. The van der Waals surface area contributed by atoms with E-state index in [4.69, 9.17) is 0 Å². The van der Waals surface area contributed by atoms with E-state index < -0.39 is 0 Å². The van der Waals surface area contributed by atoms with Gasteiger partial charge in [0.25, 0.3) is 0 Å². The lowest BCUT2D eigenvalue weighted by Gasteiger charge is -2.42. The molecule has 17 heavy (non-hydrogen) atoms. The maximum absolute atomic E-state index is 3.74. The first-order chi connectivity index (χ1) is 8.31. The molecule has 0 spiro atoms. The highest BCUT2D eigenvalue weighted by atomic mass is 15.0. The maximum Gasteiger partial charge on any atom is 0.0457 e. The summed E-state index contributed by atoms with van der Waals surface area (Å²) in [5.41, 5.74) is 3.05. The monoisotopic (exact) mass is 228 g/mol. The van der Waals surface area contributed by atoms with E-state index in [0.29, 0.717) is 5.54 Å². The van der Waals surface area contributed by atoms with Gasteiger partial charge in [-0.15, -0.1) is 0 Å². The molecule has 0 unspecified atom stereocenters. The number of benzene rings is 1. The van der Waals surface area contributed by atoms with Crippen molar-refractivity contribution < 1.29 is 0 Å². The lowest BCUT2D eigenvalue weighted by molar-refractivity contribution is 0.175. The van der Waals surface area contributed by atoms with Crippen LogP contribution in [0.15, 0.2) is 30.5 Å². The fraction of sp³-hybridized carbons (Fsp3) is 0.467. The van der Waals surface area contributed by atoms with Crippen molar-refractivity contribution in [2.45, 2.75) is 44.7 Å². The highest BCUT2D eigenvalue weighted by Crippen LogP contribution is 2.34. The van der Waals surface area contributed by atoms with Gasteiger partial charge in [-0.3, -0.25) is 0 Å². The molecule has 2 N–H and O–H groups in total. The molecule has 1 aromatic carbocycles. The van der Waals surface area contributed by atoms with Gasteiger partial charge < -0.3 is 10.3 Å². The van der Waals surface area contributed by atoms with Crippen LogP contribution < -0.4 is 5.32 Å². The van der Waals surface area contributed by atoms with Crippen LogP contribution in [0.2, 0.25) is 0 Å². The smallest absolute Gasteiger partial charge is 0.0457 e. The first-order valence-electron chi connectivity index (χ1n) is 6.62. The standard InChI is InChI=1S/C15H20N2/c1-2-15(7-3-8-15)17-11-12-4-5-13-6-9-16-14(13)10-12/h4-6,9-10,16-17H,2-3,7-8,11H2,1H3. The van der Waals surface area contributed by atoms with Gasteiger partial charge in [0, 0.05) is 23.8 Å². The summed E-state index contributed by atoms with van der Waals surface area (Å²) in [6, 6.07) is 8.80. The number of aromatic nitrogens is 1. The van der Waals surface area contributed by atoms with Crippen LogP contribution in [-0.2, 0) is 6.54 Å². The minimum absolute atomic E-state index is 0.435. The average molecular weight is 228 g/mol. The number of nitrogens with one attached hydrogen (secondary N) is 2. The van der Waals surface area contributed by atoms with Crippen molar-refractivity contribution in [1.29, 1.82) is 0 Å². The van der Waals surface area contributed by atoms with E-state index in [1.165, 1.54) is 42.1 Å². The summed E-state index contributed by atoms with van der Waals surface area (Å²) in [7, 11) is 0. The predicted octanol–water partition coefficient (Wildman–Crippen LogP) is 3.59. The largest absolute Gasteiger partial charge is 0.361 e. The summed E-state index contributed by atoms with van der Waals surface area (Å²) in [6.07, 6.45) is 7.32. The molecule has 1 aliphatic rings. The maximum atomic E-state index is 3.74. The molecule has 1 heterocycles. The van der Waals surface area contributed by atoms with E-state index in [1.54, 1.807) is 0 Å². The Kier molecular flexibility index (Phi) is 2.67. The number of rotatable bonds is 4. The average Bonchev–Trinajstić information content (AvgIpc) is 2.75. The molecule has 0 aliphatic heterocycles. The molecule has 90 valence electrons. The van der Waals surface area contributed by atoms with Gasteiger partial charge in [0.1, 0.15) is 0 Å². The lowest BCUT2D eigenvalue weighted by atomic mass is 9.75. The zero-order valence-electron chi connectivity index (χ0n) is 10.4. The Morgan fingerprint density at radius 1 is 1.29 bits per heavy atom. The van der Waals surface area contributed by atoms with Gasteiger partial charge in [0.05, 0.1) is 0 Å². The molecule has 1 saturated carbocycles. The van der Waals surface area contributed by atoms with Crippen LogP contribution in [-0.4, -0.2) is 10.5 Å². The van der Waals surface area contributed by atoms with Crippen LogP contribution >= 0.6 is 0 Å². The molecule has 0 amide bonds. The first-order valence-corrected chi connectivity index (χ1v) is 6.62. The van der Waals surface area contributed by atoms with E-state index in [-0.39, 0.29) is 0 Å². The van der Waals surface area contributed by atoms with Gasteiger partial charge in [-0.05, 0) is 48.8 Å². The first kappa shape index (κ1) is 10.8. The minimum atomic E-state index is 0.435. The Morgan fingerprint density at radius 3 is 2.88 bits per heavy atom. The Morgan fingerprint density at radius 2 is 2.18 bits per heavy atom. The fourth-order valence-corrected chi connectivity index (χ4v) is 2.75. The second kappa shape index (κ2) is 4.19. The number of H-pyrrole nitrogens is 1. The Bertz CT molecular complexity index is 503. The lowest BCUT2D eigenvalue weighted by Crippen LogP contribution is -2.49. The van der Waals surface area contributed by atoms with Crippen molar-refractivity contribution in [1.82, 2.24) is 10.3 Å². The molecule has 2 nitrogen and oxygen atoms in total. The SMILES string of the molecule is CCC1(NCc2ccc3cc[nH]c3c2)CCC1. The highest BCUT2D eigenvalue weighted by molar-refractivity contribution is 5.79. The van der Waals surface area contributed by atoms with E-state index in [1.807, 2.05) is 6.20 Å². The van der Waals surface area contributed by atoms with Gasteiger partial charge in [-0.2, -0.15) is 0 Å². The molecule has 3 rings (SSSR count). The zero-order chi connectivity index (χ0) is 11.7. The molecule has 1 aromatic heterocycles. The van der Waals surface area contributed by atoms with Crippen LogP contribution in [0.4, 0.5) is 0 Å². The molecule has 0 radical (unpaired) electrons. The van der Waals surface area contributed by atoms with Gasteiger partial charge in [0.15, 0.2) is 0 Å². The van der Waals surface area contributed by atoms with Crippen molar-refractivity contribution in [3.63, 3.8) is 0 Å². The number of aromatic amines is 1. The summed E-state index contributed by atoms with van der Waals surface area (Å²) in [6.45, 7) is 3.28. The van der Waals surface area contributed by atoms with Crippen LogP contribution in [0, 0.1) is 0 Å². The summed E-state index contributed by atoms with van der Waals surface area (Å²) in [5, 5.41) is 5.04. The third-order valence-electron chi connectivity index (χ3n) is 4.27. The van der Waals surface area contributed by atoms with Crippen molar-refractivity contribution in [3.8, 4) is 0 Å². The molecule has 0 atom stereocenters. The summed E-state index contributed by atoms with van der Waals surface area (Å²) in [4.78, 5) is 3.27. The summed E-state index contributed by atoms with van der Waals surface area (Å²) < 4.78 is 0. The third kappa shape index (κ3) is 1.98. The molecule has 1 aliphatic carbocycles. The third-order valence-corrected chi connectivity index (χ3v) is 4.27. The molecule has 1 fully saturated rings. The normalized spacial score (nSPS) is 18.2. The predicted molar refractivity (Wildman–Crippen MR) is 72.0 cm³/mol. The summed E-state index contributed by atoms with van der Waals surface area (Å²) in [5.74, 6) is 0. The number of hydrogen-bond donors (Lipinski definition) is 2. The fourth-order valence-electron chi connectivity index (χ4n) is 2.75. The van der Waals surface area contributed by atoms with Crippen molar-refractivity contribution >= 4 is 10.9 Å². The van der Waals surface area contributed by atoms with E-state index in [0.717, 1.165) is 6.54 Å². The highest BCUT2D eigenvalue weighted by Gasteiger charge is 2.34. The van der Waals surface area contributed by atoms with Crippen LogP contribution in [0.1, 0.15) is 38.2 Å². The second-order valence-electron chi connectivity index (χ2n) is 5.24. The van der Waals surface area contributed by atoms with Crippen LogP contribution in [0.3, 0.4) is 0 Å². The van der Waals surface area contributed by atoms with Crippen molar-refractivity contribution in [2.24, 2.45) is 0 Å². The van der Waals surface area contributed by atoms with Crippen molar-refractivity contribution in [3.05, 3.63) is 36.0 Å². The van der Waals surface area contributed by atoms with E-state index >= 15 is 0 Å². The Hall–Kier alpha value is -1.28. The van der Waals surface area contributed by atoms with E-state index in [2.05, 4.69) is 41.5 Å². The topological polar surface area (TPSA) is 27.8 Å². The van der Waals surface area contributed by atoms with Gasteiger partial charge in [-0.25, -0.2) is 0 Å². The number of hydrogen-bond acceptors (Lipinski definition) is 1. The van der Waals surface area contributed by atoms with Gasteiger partial charge in [-0.1, -0.05) is 19.1 Å². The number of fused-ring (bicyclic) bond motifs is 1. The van der Waals surface area contributed by atoms with Crippen LogP contribution in [0.5, 0.6) is 0 Å². The Balaban J connectivity index is 1.71. The van der Waals surface area contributed by atoms with E-state index in [9.17, 15) is 0 Å². The quantitative estimate of drug-likeness (QED) is 0.822. The molecule has 2 aromatic rings. The second-order valence-corrected chi connectivity index (χ2v) is 5.24. The summed E-state index contributed by atoms with van der Waals surface area (Å²) >= 11 is 0. The minimum Gasteiger partial charge on any atom is -0.361 e.